The molecule has 0 aromatic carbocycles. The molecular formula is C21H35N. The molecule has 0 amide bonds. The lowest BCUT2D eigenvalue weighted by Crippen LogP contribution is -2.94. The molecule has 0 aromatic rings. The van der Waals surface area contributed by atoms with Gasteiger partial charge in [-0.05, 0) is 76.0 Å². The van der Waals surface area contributed by atoms with Crippen molar-refractivity contribution in [3.05, 3.63) is 30.8 Å². The monoisotopic (exact) mass is 301 g/mol. The average molecular weight is 302 g/mol. The van der Waals surface area contributed by atoms with E-state index in [0.717, 1.165) is 35.5 Å². The summed E-state index contributed by atoms with van der Waals surface area (Å²) in [5.74, 6) is 4.92. The van der Waals surface area contributed by atoms with Crippen molar-refractivity contribution in [3.63, 3.8) is 0 Å². The standard InChI is InChI=1S/C21H35N/c1-13(2)11-16-12-15(4)17-9-10-21(5,22-6)18-8-7-14(3)19(16)20(17)18/h11,15-20H,3,6-10,12,22H2,1-2,4-5H3/t15-,16+,17+,18+,19-,20+,21-/m0/s1. The first kappa shape index (κ1) is 16.3. The fourth-order valence-corrected chi connectivity index (χ4v) is 6.27. The number of allylic oxidation sites excluding steroid dienone is 3. The summed E-state index contributed by atoms with van der Waals surface area (Å²) in [6.07, 6.45) is 9.25. The van der Waals surface area contributed by atoms with Crippen LogP contribution in [-0.2, 0) is 0 Å². The van der Waals surface area contributed by atoms with Crippen LogP contribution in [0.25, 0.3) is 0 Å². The normalized spacial score (nSPS) is 47.8. The Morgan fingerprint density at radius 3 is 2.73 bits per heavy atom. The molecule has 2 N–H and O–H groups in total. The fourth-order valence-electron chi connectivity index (χ4n) is 6.27. The van der Waals surface area contributed by atoms with E-state index in [0.29, 0.717) is 5.54 Å². The van der Waals surface area contributed by atoms with Gasteiger partial charge in [0.1, 0.15) is 0 Å². The minimum Gasteiger partial charge on any atom is -0.474 e. The molecule has 0 aromatic heterocycles. The Balaban J connectivity index is 2.00. The van der Waals surface area contributed by atoms with E-state index in [1.165, 1.54) is 37.7 Å². The summed E-state index contributed by atoms with van der Waals surface area (Å²) in [4.78, 5) is 0. The molecule has 1 heteroatoms. The molecule has 1 nitrogen and oxygen atoms in total. The molecule has 3 rings (SSSR count). The topological polar surface area (TPSA) is 16.6 Å². The van der Waals surface area contributed by atoms with E-state index >= 15 is 0 Å². The highest BCUT2D eigenvalue weighted by molar-refractivity contribution is 5.20. The second-order valence-corrected chi connectivity index (χ2v) is 8.94. The minimum absolute atomic E-state index is 0.354. The quantitative estimate of drug-likeness (QED) is 0.577. The summed E-state index contributed by atoms with van der Waals surface area (Å²) in [7, 11) is 4.21. The van der Waals surface area contributed by atoms with Gasteiger partial charge in [-0.2, -0.15) is 7.05 Å². The van der Waals surface area contributed by atoms with Gasteiger partial charge >= 0.3 is 0 Å². The van der Waals surface area contributed by atoms with Crippen LogP contribution in [0.1, 0.15) is 59.8 Å². The molecule has 0 radical (unpaired) electrons. The summed E-state index contributed by atoms with van der Waals surface area (Å²) in [5.41, 5.74) is 3.38. The van der Waals surface area contributed by atoms with Crippen molar-refractivity contribution in [2.24, 2.45) is 35.5 Å². The summed E-state index contributed by atoms with van der Waals surface area (Å²) < 4.78 is 0. The average Bonchev–Trinajstić information content (AvgIpc) is 2.45. The molecule has 0 aliphatic heterocycles. The zero-order chi connectivity index (χ0) is 16.1. The van der Waals surface area contributed by atoms with Crippen molar-refractivity contribution in [3.8, 4) is 0 Å². The van der Waals surface area contributed by atoms with Crippen LogP contribution >= 0.6 is 0 Å². The number of rotatable bonds is 2. The molecular weight excluding hydrogens is 266 g/mol. The summed E-state index contributed by atoms with van der Waals surface area (Å²) in [5, 5.41) is 2.29. The molecule has 0 bridgehead atoms. The highest BCUT2D eigenvalue weighted by Gasteiger charge is 2.56. The number of hydrogen-bond acceptors (Lipinski definition) is 0. The molecule has 0 spiro atoms. The molecule has 124 valence electrons. The van der Waals surface area contributed by atoms with Crippen LogP contribution in [0.3, 0.4) is 0 Å². The third-order valence-electron chi connectivity index (χ3n) is 7.33. The first-order valence-electron chi connectivity index (χ1n) is 9.33. The maximum absolute atomic E-state index is 4.53. The Bertz CT molecular complexity index is 472. The van der Waals surface area contributed by atoms with Gasteiger partial charge in [0.25, 0.3) is 0 Å². The lowest BCUT2D eigenvalue weighted by atomic mass is 9.46. The van der Waals surface area contributed by atoms with Gasteiger partial charge in [0.05, 0.1) is 5.54 Å². The summed E-state index contributed by atoms with van der Waals surface area (Å²) in [6.45, 7) is 14.0. The van der Waals surface area contributed by atoms with Gasteiger partial charge in [-0.3, -0.25) is 0 Å². The van der Waals surface area contributed by atoms with Crippen LogP contribution in [-0.4, -0.2) is 5.54 Å². The zero-order valence-corrected chi connectivity index (χ0v) is 15.1. The van der Waals surface area contributed by atoms with Crippen molar-refractivity contribution in [2.45, 2.75) is 65.3 Å². The van der Waals surface area contributed by atoms with Crippen molar-refractivity contribution in [2.75, 3.05) is 0 Å². The second kappa shape index (κ2) is 5.82. The van der Waals surface area contributed by atoms with E-state index in [1.807, 2.05) is 0 Å². The predicted molar refractivity (Wildman–Crippen MR) is 94.0 cm³/mol. The SMILES string of the molecule is C=C1CC[C@@H]2[C@H]3[C@H](CC[C@]2(C)[NH2+][CH2-])[C@@H](C)C[C@@H](C=C(C)C)[C@H]13. The van der Waals surface area contributed by atoms with Crippen LogP contribution in [0.5, 0.6) is 0 Å². The van der Waals surface area contributed by atoms with Crippen LogP contribution in [0, 0.1) is 42.6 Å². The first-order chi connectivity index (χ1) is 10.4. The Kier molecular flexibility index (Phi) is 4.31. The Morgan fingerprint density at radius 1 is 1.36 bits per heavy atom. The molecule has 3 aliphatic carbocycles. The van der Waals surface area contributed by atoms with Crippen molar-refractivity contribution in [1.29, 1.82) is 0 Å². The van der Waals surface area contributed by atoms with E-state index in [-0.39, 0.29) is 0 Å². The Hall–Kier alpha value is -0.560. The highest BCUT2D eigenvalue weighted by Crippen LogP contribution is 2.59. The van der Waals surface area contributed by atoms with E-state index in [1.54, 1.807) is 5.57 Å². The fraction of sp³-hybridized carbons (Fsp3) is 0.762. The number of nitrogens with two attached hydrogens (primary N) is 1. The van der Waals surface area contributed by atoms with Gasteiger partial charge in [0.2, 0.25) is 0 Å². The predicted octanol–water partition coefficient (Wildman–Crippen LogP) is 4.33. The van der Waals surface area contributed by atoms with Gasteiger partial charge in [-0.1, -0.05) is 30.7 Å². The van der Waals surface area contributed by atoms with Gasteiger partial charge < -0.3 is 5.32 Å². The Labute approximate surface area is 137 Å². The third-order valence-corrected chi connectivity index (χ3v) is 7.33. The molecule has 3 aliphatic rings. The van der Waals surface area contributed by atoms with Crippen molar-refractivity contribution >= 4 is 0 Å². The van der Waals surface area contributed by atoms with Gasteiger partial charge in [-0.15, -0.1) is 0 Å². The maximum Gasteiger partial charge on any atom is 0.0726 e. The smallest absolute Gasteiger partial charge is 0.0726 e. The summed E-state index contributed by atoms with van der Waals surface area (Å²) >= 11 is 0. The Morgan fingerprint density at radius 2 is 2.09 bits per heavy atom. The van der Waals surface area contributed by atoms with Crippen LogP contribution in [0.15, 0.2) is 23.8 Å². The van der Waals surface area contributed by atoms with E-state index in [2.05, 4.69) is 52.7 Å². The van der Waals surface area contributed by atoms with Crippen LogP contribution < -0.4 is 5.32 Å². The molecule has 0 unspecified atom stereocenters. The molecule has 3 saturated carbocycles. The van der Waals surface area contributed by atoms with Gasteiger partial charge in [0, 0.05) is 12.3 Å². The molecule has 0 saturated heterocycles. The van der Waals surface area contributed by atoms with Gasteiger partial charge in [-0.25, -0.2) is 0 Å². The van der Waals surface area contributed by atoms with Crippen molar-refractivity contribution < 1.29 is 5.32 Å². The van der Waals surface area contributed by atoms with Gasteiger partial charge in [0.15, 0.2) is 0 Å². The second-order valence-electron chi connectivity index (χ2n) is 8.94. The zero-order valence-electron chi connectivity index (χ0n) is 15.1. The number of hydrogen-bond donors (Lipinski definition) is 1. The van der Waals surface area contributed by atoms with E-state index in [9.17, 15) is 0 Å². The molecule has 0 heterocycles. The summed E-state index contributed by atoms with van der Waals surface area (Å²) in [6, 6.07) is 0. The molecule has 7 atom stereocenters. The lowest BCUT2D eigenvalue weighted by molar-refractivity contribution is -0.688. The van der Waals surface area contributed by atoms with E-state index < -0.39 is 0 Å². The van der Waals surface area contributed by atoms with Crippen LogP contribution in [0.4, 0.5) is 0 Å². The minimum atomic E-state index is 0.354. The van der Waals surface area contributed by atoms with E-state index in [4.69, 9.17) is 0 Å². The van der Waals surface area contributed by atoms with Crippen LogP contribution in [0.2, 0.25) is 0 Å². The largest absolute Gasteiger partial charge is 0.474 e. The first-order valence-corrected chi connectivity index (χ1v) is 9.33. The number of quaternary nitrogens is 1. The maximum atomic E-state index is 4.53. The highest BCUT2D eigenvalue weighted by atomic mass is 15.0. The molecule has 3 fully saturated rings. The lowest BCUT2D eigenvalue weighted by Gasteiger charge is -2.59. The van der Waals surface area contributed by atoms with Crippen molar-refractivity contribution in [1.82, 2.24) is 0 Å². The molecule has 22 heavy (non-hydrogen) atoms. The third kappa shape index (κ3) is 2.50.